The average molecular weight is 344 g/mol. The second-order valence-electron chi connectivity index (χ2n) is 6.27. The lowest BCUT2D eigenvalue weighted by molar-refractivity contribution is 0.630. The van der Waals surface area contributed by atoms with E-state index in [2.05, 4.69) is 15.2 Å². The van der Waals surface area contributed by atoms with Gasteiger partial charge in [0.15, 0.2) is 5.82 Å². The fourth-order valence-electron chi connectivity index (χ4n) is 3.00. The zero-order valence-corrected chi connectivity index (χ0v) is 14.5. The van der Waals surface area contributed by atoms with Crippen molar-refractivity contribution in [2.24, 2.45) is 0 Å². The molecule has 0 bridgehead atoms. The van der Waals surface area contributed by atoms with Crippen LogP contribution in [0.15, 0.2) is 67.0 Å². The summed E-state index contributed by atoms with van der Waals surface area (Å²) in [6.07, 6.45) is 3.50. The van der Waals surface area contributed by atoms with Gasteiger partial charge in [-0.1, -0.05) is 24.3 Å². The monoisotopic (exact) mass is 344 g/mol. The summed E-state index contributed by atoms with van der Waals surface area (Å²) in [4.78, 5) is 6.00. The van der Waals surface area contributed by atoms with E-state index in [1.165, 1.54) is 6.07 Å². The van der Waals surface area contributed by atoms with Gasteiger partial charge in [0.25, 0.3) is 0 Å². The molecule has 0 amide bonds. The lowest BCUT2D eigenvalue weighted by Gasteiger charge is -2.15. The van der Waals surface area contributed by atoms with E-state index in [-0.39, 0.29) is 5.82 Å². The highest BCUT2D eigenvalue weighted by atomic mass is 19.1. The molecule has 0 saturated heterocycles. The summed E-state index contributed by atoms with van der Waals surface area (Å²) in [5.74, 6) is 0.486. The molecule has 128 valence electrons. The van der Waals surface area contributed by atoms with Gasteiger partial charge in [-0.05, 0) is 46.7 Å². The number of hydrogen-bond donors (Lipinski definition) is 0. The molecule has 0 N–H and O–H groups in total. The summed E-state index contributed by atoms with van der Waals surface area (Å²) in [5, 5.41) is 10.6. The minimum Gasteiger partial charge on any atom is -0.361 e. The minimum atomic E-state index is -0.270. The molecule has 0 radical (unpaired) electrons. The van der Waals surface area contributed by atoms with Gasteiger partial charge in [0.05, 0.1) is 0 Å². The van der Waals surface area contributed by atoms with E-state index in [4.69, 9.17) is 0 Å². The van der Waals surface area contributed by atoms with Crippen LogP contribution < -0.4 is 4.90 Å². The quantitative estimate of drug-likeness (QED) is 0.546. The van der Waals surface area contributed by atoms with E-state index in [0.29, 0.717) is 0 Å². The number of nitrogens with zero attached hydrogens (tertiary/aromatic N) is 4. The maximum absolute atomic E-state index is 13.9. The summed E-state index contributed by atoms with van der Waals surface area (Å²) >= 11 is 0. The van der Waals surface area contributed by atoms with E-state index >= 15 is 0 Å². The predicted molar refractivity (Wildman–Crippen MR) is 102 cm³/mol. The van der Waals surface area contributed by atoms with Crippen LogP contribution >= 0.6 is 0 Å². The lowest BCUT2D eigenvalue weighted by atomic mass is 9.96. The highest BCUT2D eigenvalue weighted by Gasteiger charge is 2.15. The fraction of sp³-hybridized carbons (Fsp3) is 0.0952. The van der Waals surface area contributed by atoms with Crippen LogP contribution in [0, 0.1) is 5.82 Å². The lowest BCUT2D eigenvalue weighted by Crippen LogP contribution is -2.12. The van der Waals surface area contributed by atoms with E-state index < -0.39 is 0 Å². The van der Waals surface area contributed by atoms with Crippen LogP contribution in [0.2, 0.25) is 0 Å². The van der Waals surface area contributed by atoms with Crippen molar-refractivity contribution < 1.29 is 4.39 Å². The van der Waals surface area contributed by atoms with Crippen molar-refractivity contribution in [1.82, 2.24) is 15.2 Å². The first kappa shape index (κ1) is 16.1. The standard InChI is InChI=1S/C21H17FN4/c1-26(2)20-13-19(15-8-10-23-11-9-15)21(25-24-20)17-5-3-4-14-6-7-16(22)12-18(14)17/h3-13H,1-2H3. The predicted octanol–water partition coefficient (Wildman–Crippen LogP) is 4.56. The molecule has 2 heterocycles. The largest absolute Gasteiger partial charge is 0.361 e. The van der Waals surface area contributed by atoms with Crippen molar-refractivity contribution in [1.29, 1.82) is 0 Å². The van der Waals surface area contributed by atoms with Crippen LogP contribution in [0.1, 0.15) is 0 Å². The van der Waals surface area contributed by atoms with Crippen LogP contribution in [0.25, 0.3) is 33.2 Å². The number of fused-ring (bicyclic) bond motifs is 1. The molecule has 0 unspecified atom stereocenters. The van der Waals surface area contributed by atoms with Gasteiger partial charge in [0.1, 0.15) is 11.5 Å². The number of pyridine rings is 1. The number of halogens is 1. The highest BCUT2D eigenvalue weighted by molar-refractivity contribution is 5.99. The van der Waals surface area contributed by atoms with Crippen molar-refractivity contribution >= 4 is 16.6 Å². The minimum absolute atomic E-state index is 0.270. The summed E-state index contributed by atoms with van der Waals surface area (Å²) in [5.41, 5.74) is 3.49. The molecule has 2 aromatic heterocycles. The average Bonchev–Trinajstić information content (AvgIpc) is 2.67. The van der Waals surface area contributed by atoms with Crippen LogP contribution in [0.5, 0.6) is 0 Å². The molecule has 4 aromatic rings. The third-order valence-electron chi connectivity index (χ3n) is 4.33. The molecule has 4 nitrogen and oxygen atoms in total. The van der Waals surface area contributed by atoms with Crippen molar-refractivity contribution in [2.75, 3.05) is 19.0 Å². The zero-order valence-electron chi connectivity index (χ0n) is 14.5. The fourth-order valence-corrected chi connectivity index (χ4v) is 3.00. The number of benzene rings is 2. The second kappa shape index (κ2) is 6.52. The molecule has 0 aliphatic rings. The van der Waals surface area contributed by atoms with Crippen molar-refractivity contribution in [3.8, 4) is 22.4 Å². The molecule has 26 heavy (non-hydrogen) atoms. The Hall–Kier alpha value is -3.34. The van der Waals surface area contributed by atoms with Crippen LogP contribution in [-0.2, 0) is 0 Å². The van der Waals surface area contributed by atoms with Gasteiger partial charge in [-0.25, -0.2) is 4.39 Å². The summed E-state index contributed by atoms with van der Waals surface area (Å²) in [7, 11) is 3.85. The number of aromatic nitrogens is 3. The highest BCUT2D eigenvalue weighted by Crippen LogP contribution is 2.35. The van der Waals surface area contributed by atoms with Gasteiger partial charge in [-0.2, -0.15) is 0 Å². The molecule has 2 aromatic carbocycles. The first-order valence-electron chi connectivity index (χ1n) is 8.27. The van der Waals surface area contributed by atoms with E-state index in [0.717, 1.165) is 39.0 Å². The Labute approximate surface area is 151 Å². The Balaban J connectivity index is 2.02. The SMILES string of the molecule is CN(C)c1cc(-c2ccncc2)c(-c2cccc3ccc(F)cc23)nn1. The van der Waals surface area contributed by atoms with Gasteiger partial charge in [0, 0.05) is 37.6 Å². The summed E-state index contributed by atoms with van der Waals surface area (Å²) in [6, 6.07) is 16.5. The molecule has 0 spiro atoms. The van der Waals surface area contributed by atoms with E-state index in [9.17, 15) is 4.39 Å². The molecular weight excluding hydrogens is 327 g/mol. The Bertz CT molecular complexity index is 1080. The second-order valence-corrected chi connectivity index (χ2v) is 6.27. The molecule has 0 fully saturated rings. The summed E-state index contributed by atoms with van der Waals surface area (Å²) in [6.45, 7) is 0. The van der Waals surface area contributed by atoms with Gasteiger partial charge < -0.3 is 4.90 Å². The Morgan fingerprint density at radius 2 is 1.65 bits per heavy atom. The smallest absolute Gasteiger partial charge is 0.151 e. The molecule has 0 saturated carbocycles. The third kappa shape index (κ3) is 2.88. The van der Waals surface area contributed by atoms with Crippen LogP contribution in [-0.4, -0.2) is 29.3 Å². The Morgan fingerprint density at radius 3 is 2.42 bits per heavy atom. The maximum Gasteiger partial charge on any atom is 0.151 e. The summed E-state index contributed by atoms with van der Waals surface area (Å²) < 4.78 is 13.9. The van der Waals surface area contributed by atoms with E-state index in [1.807, 2.05) is 55.4 Å². The Kier molecular flexibility index (Phi) is 4.05. The Morgan fingerprint density at radius 1 is 0.846 bits per heavy atom. The van der Waals surface area contributed by atoms with Crippen molar-refractivity contribution in [3.05, 3.63) is 72.8 Å². The van der Waals surface area contributed by atoms with Gasteiger partial charge in [-0.15, -0.1) is 10.2 Å². The van der Waals surface area contributed by atoms with Gasteiger partial charge in [-0.3, -0.25) is 4.98 Å². The molecule has 0 aliphatic heterocycles. The molecular formula is C21H17FN4. The van der Waals surface area contributed by atoms with Crippen molar-refractivity contribution in [2.45, 2.75) is 0 Å². The molecule has 5 heteroatoms. The third-order valence-corrected chi connectivity index (χ3v) is 4.33. The van der Waals surface area contributed by atoms with E-state index in [1.54, 1.807) is 24.5 Å². The number of anilines is 1. The maximum atomic E-state index is 13.9. The topological polar surface area (TPSA) is 41.9 Å². The molecule has 0 aliphatic carbocycles. The molecule has 4 rings (SSSR count). The van der Waals surface area contributed by atoms with Crippen LogP contribution in [0.3, 0.4) is 0 Å². The number of rotatable bonds is 3. The normalized spacial score (nSPS) is 10.9. The van der Waals surface area contributed by atoms with Gasteiger partial charge in [0.2, 0.25) is 0 Å². The van der Waals surface area contributed by atoms with Crippen molar-refractivity contribution in [3.63, 3.8) is 0 Å². The number of hydrogen-bond acceptors (Lipinski definition) is 4. The van der Waals surface area contributed by atoms with Gasteiger partial charge >= 0.3 is 0 Å². The molecule has 0 atom stereocenters. The first-order valence-corrected chi connectivity index (χ1v) is 8.27. The van der Waals surface area contributed by atoms with Crippen LogP contribution in [0.4, 0.5) is 10.2 Å². The first-order chi connectivity index (χ1) is 12.6. The zero-order chi connectivity index (χ0) is 18.1.